The van der Waals surface area contributed by atoms with Gasteiger partial charge in [-0.15, -0.1) is 0 Å². The van der Waals surface area contributed by atoms with Crippen molar-refractivity contribution in [3.8, 4) is 11.5 Å². The largest absolute Gasteiger partial charge is 0.491 e. The lowest BCUT2D eigenvalue weighted by atomic mass is 10.1. The van der Waals surface area contributed by atoms with Gasteiger partial charge in [-0.3, -0.25) is 4.79 Å². The van der Waals surface area contributed by atoms with Gasteiger partial charge in [0.1, 0.15) is 18.1 Å². The second-order valence-corrected chi connectivity index (χ2v) is 5.53. The van der Waals surface area contributed by atoms with Crippen LogP contribution in [-0.4, -0.2) is 31.7 Å². The Labute approximate surface area is 126 Å². The van der Waals surface area contributed by atoms with Crippen molar-refractivity contribution in [3.63, 3.8) is 0 Å². The van der Waals surface area contributed by atoms with Crippen LogP contribution in [0.15, 0.2) is 18.2 Å². The van der Waals surface area contributed by atoms with Gasteiger partial charge >= 0.3 is 0 Å². The SMILES string of the molecule is CCCNC1COc2cc(OCC(=O)NC(C)C)ccc21. The smallest absolute Gasteiger partial charge is 0.258 e. The van der Waals surface area contributed by atoms with Crippen LogP contribution in [0, 0.1) is 0 Å². The first-order valence-electron chi connectivity index (χ1n) is 7.52. The molecule has 2 N–H and O–H groups in total. The van der Waals surface area contributed by atoms with Gasteiger partial charge in [0, 0.05) is 17.7 Å². The van der Waals surface area contributed by atoms with Crippen LogP contribution < -0.4 is 20.1 Å². The highest BCUT2D eigenvalue weighted by atomic mass is 16.5. The lowest BCUT2D eigenvalue weighted by molar-refractivity contribution is -0.123. The molecule has 1 aliphatic rings. The third-order valence-electron chi connectivity index (χ3n) is 3.23. The maximum atomic E-state index is 11.6. The van der Waals surface area contributed by atoms with Crippen molar-refractivity contribution in [2.45, 2.75) is 39.3 Å². The molecule has 1 atom stereocenters. The molecule has 0 radical (unpaired) electrons. The maximum absolute atomic E-state index is 11.6. The Hall–Kier alpha value is -1.75. The lowest BCUT2D eigenvalue weighted by Gasteiger charge is -2.12. The van der Waals surface area contributed by atoms with Crippen molar-refractivity contribution in [2.24, 2.45) is 0 Å². The first-order valence-corrected chi connectivity index (χ1v) is 7.52. The molecular weight excluding hydrogens is 268 g/mol. The van der Waals surface area contributed by atoms with Crippen LogP contribution in [0.25, 0.3) is 0 Å². The molecule has 21 heavy (non-hydrogen) atoms. The molecule has 1 unspecified atom stereocenters. The Balaban J connectivity index is 1.91. The van der Waals surface area contributed by atoms with E-state index in [-0.39, 0.29) is 24.6 Å². The molecule has 5 nitrogen and oxygen atoms in total. The molecule has 5 heteroatoms. The molecule has 1 aromatic carbocycles. The zero-order chi connectivity index (χ0) is 15.2. The fourth-order valence-corrected chi connectivity index (χ4v) is 2.28. The molecule has 0 fully saturated rings. The minimum atomic E-state index is -0.117. The number of hydrogen-bond acceptors (Lipinski definition) is 4. The number of rotatable bonds is 7. The van der Waals surface area contributed by atoms with E-state index in [1.54, 1.807) is 0 Å². The predicted molar refractivity (Wildman–Crippen MR) is 81.7 cm³/mol. The molecule has 1 aromatic rings. The van der Waals surface area contributed by atoms with E-state index in [0.29, 0.717) is 12.4 Å². The number of carbonyl (C=O) groups excluding carboxylic acids is 1. The fraction of sp³-hybridized carbons (Fsp3) is 0.562. The van der Waals surface area contributed by atoms with Gasteiger partial charge < -0.3 is 20.1 Å². The average Bonchev–Trinajstić information content (AvgIpc) is 2.84. The third kappa shape index (κ3) is 4.36. The Morgan fingerprint density at radius 3 is 3.00 bits per heavy atom. The van der Waals surface area contributed by atoms with Crippen LogP contribution >= 0.6 is 0 Å². The van der Waals surface area contributed by atoms with Crippen LogP contribution in [0.1, 0.15) is 38.8 Å². The maximum Gasteiger partial charge on any atom is 0.258 e. The second kappa shape index (κ2) is 7.31. The van der Waals surface area contributed by atoms with Crippen LogP contribution in [0.3, 0.4) is 0 Å². The summed E-state index contributed by atoms with van der Waals surface area (Å²) in [4.78, 5) is 11.6. The van der Waals surface area contributed by atoms with Gasteiger partial charge in [-0.25, -0.2) is 0 Å². The Bertz CT molecular complexity index is 488. The highest BCUT2D eigenvalue weighted by Gasteiger charge is 2.23. The minimum absolute atomic E-state index is 0.0223. The Morgan fingerprint density at radius 1 is 1.48 bits per heavy atom. The molecule has 1 aliphatic heterocycles. The quantitative estimate of drug-likeness (QED) is 0.807. The van der Waals surface area contributed by atoms with Gasteiger partial charge in [0.05, 0.1) is 6.04 Å². The predicted octanol–water partition coefficient (Wildman–Crippen LogP) is 2.02. The zero-order valence-corrected chi connectivity index (χ0v) is 12.9. The minimum Gasteiger partial charge on any atom is -0.491 e. The van der Waals surface area contributed by atoms with Crippen LogP contribution in [0.4, 0.5) is 0 Å². The molecule has 0 saturated carbocycles. The van der Waals surface area contributed by atoms with Crippen LogP contribution in [0.5, 0.6) is 11.5 Å². The Kier molecular flexibility index (Phi) is 5.44. The van der Waals surface area contributed by atoms with Crippen molar-refractivity contribution in [1.29, 1.82) is 0 Å². The number of nitrogens with one attached hydrogen (secondary N) is 2. The van der Waals surface area contributed by atoms with Gasteiger partial charge in [0.25, 0.3) is 5.91 Å². The summed E-state index contributed by atoms with van der Waals surface area (Å²) < 4.78 is 11.2. The zero-order valence-electron chi connectivity index (χ0n) is 12.9. The number of benzene rings is 1. The number of hydrogen-bond donors (Lipinski definition) is 2. The summed E-state index contributed by atoms with van der Waals surface area (Å²) in [5.41, 5.74) is 1.16. The summed E-state index contributed by atoms with van der Waals surface area (Å²) in [6.45, 7) is 7.63. The van der Waals surface area contributed by atoms with Crippen molar-refractivity contribution in [3.05, 3.63) is 23.8 Å². The monoisotopic (exact) mass is 292 g/mol. The van der Waals surface area contributed by atoms with E-state index in [4.69, 9.17) is 9.47 Å². The number of ether oxygens (including phenoxy) is 2. The summed E-state index contributed by atoms with van der Waals surface area (Å²) in [6, 6.07) is 6.11. The number of carbonyl (C=O) groups is 1. The van der Waals surface area contributed by atoms with Gasteiger partial charge in [-0.2, -0.15) is 0 Å². The number of fused-ring (bicyclic) bond motifs is 1. The van der Waals surface area contributed by atoms with E-state index >= 15 is 0 Å². The van der Waals surface area contributed by atoms with Crippen molar-refractivity contribution in [2.75, 3.05) is 19.8 Å². The first-order chi connectivity index (χ1) is 10.1. The molecule has 0 aliphatic carbocycles. The van der Waals surface area contributed by atoms with Crippen molar-refractivity contribution < 1.29 is 14.3 Å². The molecule has 0 saturated heterocycles. The van der Waals surface area contributed by atoms with Gasteiger partial charge in [-0.05, 0) is 38.9 Å². The molecule has 0 aromatic heterocycles. The third-order valence-corrected chi connectivity index (χ3v) is 3.23. The first kappa shape index (κ1) is 15.6. The highest BCUT2D eigenvalue weighted by Crippen LogP contribution is 2.35. The fourth-order valence-electron chi connectivity index (χ4n) is 2.28. The summed E-state index contributed by atoms with van der Waals surface area (Å²) in [5, 5.41) is 6.24. The standard InChI is InChI=1S/C16H24N2O3/c1-4-7-17-14-9-21-15-8-12(5-6-13(14)15)20-10-16(19)18-11(2)3/h5-6,8,11,14,17H,4,7,9-10H2,1-3H3,(H,18,19). The summed E-state index contributed by atoms with van der Waals surface area (Å²) in [7, 11) is 0. The van der Waals surface area contributed by atoms with E-state index in [2.05, 4.69) is 17.6 Å². The van der Waals surface area contributed by atoms with Crippen molar-refractivity contribution in [1.82, 2.24) is 10.6 Å². The average molecular weight is 292 g/mol. The molecule has 1 heterocycles. The van der Waals surface area contributed by atoms with Crippen LogP contribution in [-0.2, 0) is 4.79 Å². The van der Waals surface area contributed by atoms with E-state index in [9.17, 15) is 4.79 Å². The van der Waals surface area contributed by atoms with Gasteiger partial charge in [-0.1, -0.05) is 6.92 Å². The molecule has 2 rings (SSSR count). The van der Waals surface area contributed by atoms with E-state index in [1.807, 2.05) is 32.0 Å². The van der Waals surface area contributed by atoms with Gasteiger partial charge in [0.2, 0.25) is 0 Å². The number of amides is 1. The molecule has 0 bridgehead atoms. The summed E-state index contributed by atoms with van der Waals surface area (Å²) >= 11 is 0. The highest BCUT2D eigenvalue weighted by molar-refractivity contribution is 5.77. The van der Waals surface area contributed by atoms with E-state index in [0.717, 1.165) is 24.3 Å². The molecule has 1 amide bonds. The van der Waals surface area contributed by atoms with Gasteiger partial charge in [0.15, 0.2) is 6.61 Å². The van der Waals surface area contributed by atoms with E-state index in [1.165, 1.54) is 0 Å². The molecular formula is C16H24N2O3. The summed E-state index contributed by atoms with van der Waals surface area (Å²) in [5.74, 6) is 1.38. The van der Waals surface area contributed by atoms with E-state index < -0.39 is 0 Å². The summed E-state index contributed by atoms with van der Waals surface area (Å²) in [6.07, 6.45) is 1.10. The Morgan fingerprint density at radius 2 is 2.29 bits per heavy atom. The lowest BCUT2D eigenvalue weighted by Crippen LogP contribution is -2.34. The normalized spacial score (nSPS) is 16.5. The molecule has 0 spiro atoms. The topological polar surface area (TPSA) is 59.6 Å². The van der Waals surface area contributed by atoms with Crippen molar-refractivity contribution >= 4 is 5.91 Å². The van der Waals surface area contributed by atoms with Crippen LogP contribution in [0.2, 0.25) is 0 Å². The second-order valence-electron chi connectivity index (χ2n) is 5.53. The molecule has 116 valence electrons.